The standard InChI is InChI=1S/C48H32S12/c1-17-41-18-2-33(1)49-34-3-19-43(20-4-34)55-56-44-23-7-37(8-24-44)51-38-11-27-47(28-12-38)59-60-48-31-15-40(16-32-48)52-39-13-29-46(30-14-39)58-57-45-25-9-36(10-26-45)50-35-5-21-42(22-6-35)54-53-41/h1-32H. The third-order valence-electron chi connectivity index (χ3n) is 8.47. The zero-order chi connectivity index (χ0) is 40.4. The van der Waals surface area contributed by atoms with Crippen LogP contribution in [0.5, 0.6) is 0 Å². The zero-order valence-electron chi connectivity index (χ0n) is 31.4. The average molecular weight is 994 g/mol. The largest absolute Gasteiger partial charge is 0.0901 e. The van der Waals surface area contributed by atoms with E-state index in [9.17, 15) is 0 Å². The van der Waals surface area contributed by atoms with E-state index in [1.54, 1.807) is 133 Å². The van der Waals surface area contributed by atoms with E-state index in [-0.39, 0.29) is 0 Å². The minimum Gasteiger partial charge on any atom is -0.0901 e. The van der Waals surface area contributed by atoms with Gasteiger partial charge in [0.15, 0.2) is 0 Å². The van der Waals surface area contributed by atoms with E-state index in [0.717, 1.165) is 0 Å². The Balaban J connectivity index is 0.854. The predicted octanol–water partition coefficient (Wildman–Crippen LogP) is 19.8. The van der Waals surface area contributed by atoms with Gasteiger partial charge in [0.1, 0.15) is 0 Å². The van der Waals surface area contributed by atoms with Crippen molar-refractivity contribution in [2.45, 2.75) is 78.3 Å². The third-order valence-corrected chi connectivity index (χ3v) is 22.2. The molecular weight excluding hydrogens is 961 g/mol. The van der Waals surface area contributed by atoms with E-state index < -0.39 is 0 Å². The van der Waals surface area contributed by atoms with E-state index in [2.05, 4.69) is 194 Å². The molecule has 0 saturated carbocycles. The first-order valence-corrected chi connectivity index (χ1v) is 30.4. The summed E-state index contributed by atoms with van der Waals surface area (Å²) >= 11 is 7.21. The summed E-state index contributed by atoms with van der Waals surface area (Å²) in [6.45, 7) is 0. The molecule has 0 saturated heterocycles. The van der Waals surface area contributed by atoms with E-state index in [0.29, 0.717) is 0 Å². The first kappa shape index (κ1) is 43.2. The number of benzene rings is 8. The molecule has 22 aliphatic rings. The Morgan fingerprint density at radius 1 is 0.117 bits per heavy atom. The topological polar surface area (TPSA) is 0 Å². The van der Waals surface area contributed by atoms with Gasteiger partial charge in [0.25, 0.3) is 0 Å². The molecule has 0 aliphatic carbocycles. The Bertz CT molecular complexity index is 2030. The van der Waals surface area contributed by atoms with Gasteiger partial charge in [0, 0.05) is 78.3 Å². The molecule has 30 rings (SSSR count). The van der Waals surface area contributed by atoms with E-state index in [4.69, 9.17) is 0 Å². The maximum absolute atomic E-state index is 2.22. The highest BCUT2D eigenvalue weighted by molar-refractivity contribution is 8.77. The fraction of sp³-hybridized carbons (Fsp3) is 0. The maximum atomic E-state index is 2.22. The van der Waals surface area contributed by atoms with Gasteiger partial charge in [-0.05, 0) is 194 Å². The fourth-order valence-corrected chi connectivity index (χ4v) is 16.4. The number of hydrogen-bond donors (Lipinski definition) is 0. The average Bonchev–Trinajstić information content (AvgIpc) is 3.30. The van der Waals surface area contributed by atoms with Crippen LogP contribution in [0.25, 0.3) is 0 Å². The van der Waals surface area contributed by atoms with E-state index >= 15 is 0 Å². The third kappa shape index (κ3) is 13.0. The van der Waals surface area contributed by atoms with Gasteiger partial charge < -0.3 is 0 Å². The van der Waals surface area contributed by atoms with Crippen LogP contribution in [0.15, 0.2) is 272 Å². The van der Waals surface area contributed by atoms with Crippen molar-refractivity contribution in [2.75, 3.05) is 0 Å². The summed E-state index contributed by atoms with van der Waals surface area (Å²) in [6.07, 6.45) is 0. The monoisotopic (exact) mass is 992 g/mol. The normalized spacial score (nSPS) is 13.9. The van der Waals surface area contributed by atoms with Gasteiger partial charge in [-0.15, -0.1) is 0 Å². The highest BCUT2D eigenvalue weighted by Crippen LogP contribution is 2.44. The molecule has 0 spiro atoms. The molecular formula is C48H32S12. The van der Waals surface area contributed by atoms with Gasteiger partial charge in [-0.2, -0.15) is 0 Å². The quantitative estimate of drug-likeness (QED) is 0.133. The van der Waals surface area contributed by atoms with Crippen LogP contribution in [-0.2, 0) is 0 Å². The van der Waals surface area contributed by atoms with Crippen molar-refractivity contribution in [3.8, 4) is 0 Å². The molecule has 0 nitrogen and oxygen atoms in total. The highest BCUT2D eigenvalue weighted by atomic mass is 33.1. The van der Waals surface area contributed by atoms with Crippen molar-refractivity contribution in [2.24, 2.45) is 0 Å². The van der Waals surface area contributed by atoms with Crippen molar-refractivity contribution in [1.82, 2.24) is 0 Å². The van der Waals surface area contributed by atoms with Crippen LogP contribution < -0.4 is 0 Å². The van der Waals surface area contributed by atoms with Gasteiger partial charge in [-0.3, -0.25) is 0 Å². The summed E-state index contributed by atoms with van der Waals surface area (Å²) in [5, 5.41) is 0. The SMILES string of the molecule is c1cc2ccc1SSc1ccc(cc1)Sc1ccc(cc1)SSc1ccc(cc1)Sc1ccc(cc1)SSc1ccc(cc1)Sc1ccc(cc1)SSc1ccc(cc1)S2. The Kier molecular flexibility index (Phi) is 15.9. The molecule has 0 radical (unpaired) electrons. The van der Waals surface area contributed by atoms with Gasteiger partial charge in [0.2, 0.25) is 0 Å². The lowest BCUT2D eigenvalue weighted by Gasteiger charge is -2.07. The zero-order valence-corrected chi connectivity index (χ0v) is 41.2. The lowest BCUT2D eigenvalue weighted by molar-refractivity contribution is 1.32. The summed E-state index contributed by atoms with van der Waals surface area (Å²) in [7, 11) is 14.4. The molecule has 8 aromatic carbocycles. The lowest BCUT2D eigenvalue weighted by Crippen LogP contribution is -1.77. The second-order valence-corrected chi connectivity index (χ2v) is 26.5. The van der Waals surface area contributed by atoms with Gasteiger partial charge in [-0.25, -0.2) is 0 Å². The molecule has 8 aromatic rings. The van der Waals surface area contributed by atoms with Crippen LogP contribution in [0, 0.1) is 0 Å². The van der Waals surface area contributed by atoms with Crippen molar-refractivity contribution in [1.29, 1.82) is 0 Å². The van der Waals surface area contributed by atoms with Crippen molar-refractivity contribution >= 4 is 133 Å². The summed E-state index contributed by atoms with van der Waals surface area (Å²) in [6, 6.07) is 71.1. The lowest BCUT2D eigenvalue weighted by atomic mass is 10.4. The first-order chi connectivity index (χ1) is 29.6. The molecule has 22 aliphatic heterocycles. The van der Waals surface area contributed by atoms with Crippen LogP contribution in [0.2, 0.25) is 0 Å². The van der Waals surface area contributed by atoms with Gasteiger partial charge >= 0.3 is 0 Å². The summed E-state index contributed by atoms with van der Waals surface area (Å²) in [5.74, 6) is 0. The van der Waals surface area contributed by atoms with E-state index in [1.807, 2.05) is 0 Å². The van der Waals surface area contributed by atoms with Crippen molar-refractivity contribution < 1.29 is 0 Å². The molecule has 22 heterocycles. The molecule has 0 aromatic heterocycles. The fourth-order valence-electron chi connectivity index (χ4n) is 5.44. The molecule has 0 fully saturated rings. The Morgan fingerprint density at radius 3 is 0.300 bits per heavy atom. The summed E-state index contributed by atoms with van der Waals surface area (Å²) in [5.41, 5.74) is 0. The summed E-state index contributed by atoms with van der Waals surface area (Å²) in [4.78, 5) is 19.9. The van der Waals surface area contributed by atoms with Crippen LogP contribution in [0.3, 0.4) is 0 Å². The molecule has 16 bridgehead atoms. The minimum absolute atomic E-state index is 1.24. The predicted molar refractivity (Wildman–Crippen MR) is 275 cm³/mol. The second kappa shape index (κ2) is 22.0. The van der Waals surface area contributed by atoms with E-state index in [1.165, 1.54) is 78.3 Å². The van der Waals surface area contributed by atoms with Crippen molar-refractivity contribution in [3.05, 3.63) is 194 Å². The van der Waals surface area contributed by atoms with Crippen LogP contribution in [0.1, 0.15) is 0 Å². The molecule has 296 valence electrons. The Hall–Kier alpha value is -2.04. The number of rotatable bonds is 0. The second-order valence-electron chi connectivity index (χ2n) is 12.8. The molecule has 60 heavy (non-hydrogen) atoms. The van der Waals surface area contributed by atoms with Crippen LogP contribution in [0.4, 0.5) is 0 Å². The van der Waals surface area contributed by atoms with Gasteiger partial charge in [-0.1, -0.05) is 133 Å². The molecule has 12 heteroatoms. The Morgan fingerprint density at radius 2 is 0.200 bits per heavy atom. The smallest absolute Gasteiger partial charge is 0.0187 e. The van der Waals surface area contributed by atoms with Gasteiger partial charge in [0.05, 0.1) is 0 Å². The highest BCUT2D eigenvalue weighted by Gasteiger charge is 2.08. The maximum Gasteiger partial charge on any atom is 0.0187 e. The van der Waals surface area contributed by atoms with Crippen LogP contribution in [-0.4, -0.2) is 0 Å². The van der Waals surface area contributed by atoms with Crippen LogP contribution >= 0.6 is 133 Å². The molecule has 0 atom stereocenters. The number of hydrogen-bond acceptors (Lipinski definition) is 12. The molecule has 0 unspecified atom stereocenters. The minimum atomic E-state index is 1.24. The molecule has 0 amide bonds. The van der Waals surface area contributed by atoms with Crippen molar-refractivity contribution in [3.63, 3.8) is 0 Å². The summed E-state index contributed by atoms with van der Waals surface area (Å²) < 4.78 is 0. The first-order valence-electron chi connectivity index (χ1n) is 18.5. The Labute approximate surface area is 401 Å². The molecule has 0 N–H and O–H groups in total.